The van der Waals surface area contributed by atoms with Gasteiger partial charge in [0.1, 0.15) is 11.6 Å². The molecular formula is C30H42F2N4O. The zero-order valence-electron chi connectivity index (χ0n) is 22.3. The highest BCUT2D eigenvalue weighted by atomic mass is 19.1. The fourth-order valence-electron chi connectivity index (χ4n) is 5.19. The summed E-state index contributed by atoms with van der Waals surface area (Å²) in [7, 11) is 0. The van der Waals surface area contributed by atoms with Gasteiger partial charge in [0.25, 0.3) is 0 Å². The summed E-state index contributed by atoms with van der Waals surface area (Å²) in [5.41, 5.74) is 8.39. The quantitative estimate of drug-likeness (QED) is 0.272. The molecule has 0 saturated heterocycles. The number of halogens is 2. The normalized spacial score (nSPS) is 17.6. The second kappa shape index (κ2) is 12.8. The van der Waals surface area contributed by atoms with Gasteiger partial charge < -0.3 is 26.9 Å². The number of benzene rings is 2. The first-order valence-corrected chi connectivity index (χ1v) is 13.2. The minimum absolute atomic E-state index is 0.0308. The average molecular weight is 513 g/mol. The Kier molecular flexibility index (Phi) is 9.99. The summed E-state index contributed by atoms with van der Waals surface area (Å²) in [4.78, 5) is 0. The van der Waals surface area contributed by atoms with Crippen LogP contribution < -0.4 is 16.4 Å². The summed E-state index contributed by atoms with van der Waals surface area (Å²) >= 11 is 0. The van der Waals surface area contributed by atoms with Gasteiger partial charge in [0, 0.05) is 36.4 Å². The molecule has 1 aliphatic rings. The van der Waals surface area contributed by atoms with Gasteiger partial charge in [-0.1, -0.05) is 64.3 Å². The van der Waals surface area contributed by atoms with Gasteiger partial charge in [-0.2, -0.15) is 0 Å². The molecule has 0 aromatic heterocycles. The molecule has 2 aromatic rings. The molecule has 202 valence electrons. The maximum atomic E-state index is 13.8. The van der Waals surface area contributed by atoms with Crippen LogP contribution in [0.15, 0.2) is 54.7 Å². The van der Waals surface area contributed by atoms with Crippen molar-refractivity contribution in [3.05, 3.63) is 83.1 Å². The van der Waals surface area contributed by atoms with Crippen LogP contribution in [-0.2, 0) is 17.4 Å². The maximum absolute atomic E-state index is 13.8. The molecule has 0 aliphatic heterocycles. The summed E-state index contributed by atoms with van der Waals surface area (Å²) < 4.78 is 27.7. The Morgan fingerprint density at radius 3 is 2.41 bits per heavy atom. The SMILES string of the molecule is CC(C)(C)c1cccc(C2(NCC(O)C(Cc3cc(F)cc(F)c3)NCC(=N)/C=C\N)CCCCC2)c1. The second-order valence-electron chi connectivity index (χ2n) is 11.3. The van der Waals surface area contributed by atoms with Crippen LogP contribution >= 0.6 is 0 Å². The predicted molar refractivity (Wildman–Crippen MR) is 147 cm³/mol. The molecule has 1 aliphatic carbocycles. The third-order valence-electron chi connectivity index (χ3n) is 7.33. The molecule has 2 aromatic carbocycles. The second-order valence-corrected chi connectivity index (χ2v) is 11.3. The third-order valence-corrected chi connectivity index (χ3v) is 7.33. The van der Waals surface area contributed by atoms with Crippen molar-refractivity contribution in [2.45, 2.75) is 82.4 Å². The molecule has 0 spiro atoms. The highest BCUT2D eigenvalue weighted by molar-refractivity contribution is 5.93. The summed E-state index contributed by atoms with van der Waals surface area (Å²) in [5.74, 6) is -1.31. The Hall–Kier alpha value is -2.61. The van der Waals surface area contributed by atoms with Gasteiger partial charge in [-0.3, -0.25) is 0 Å². The number of hydrogen-bond donors (Lipinski definition) is 5. The number of aliphatic hydroxyl groups is 1. The molecular weight excluding hydrogens is 470 g/mol. The molecule has 5 nitrogen and oxygen atoms in total. The van der Waals surface area contributed by atoms with Crippen LogP contribution in [0.1, 0.15) is 69.6 Å². The van der Waals surface area contributed by atoms with Crippen LogP contribution in [0, 0.1) is 17.0 Å². The van der Waals surface area contributed by atoms with E-state index in [4.69, 9.17) is 11.1 Å². The lowest BCUT2D eigenvalue weighted by Crippen LogP contribution is -2.53. The van der Waals surface area contributed by atoms with Gasteiger partial charge in [-0.05, 0) is 65.8 Å². The van der Waals surface area contributed by atoms with Crippen molar-refractivity contribution in [3.63, 3.8) is 0 Å². The van der Waals surface area contributed by atoms with E-state index in [2.05, 4.69) is 55.7 Å². The van der Waals surface area contributed by atoms with Gasteiger partial charge in [0.15, 0.2) is 0 Å². The van der Waals surface area contributed by atoms with E-state index in [-0.39, 0.29) is 29.6 Å². The Morgan fingerprint density at radius 1 is 1.11 bits per heavy atom. The van der Waals surface area contributed by atoms with Crippen molar-refractivity contribution in [3.8, 4) is 0 Å². The highest BCUT2D eigenvalue weighted by Gasteiger charge is 2.35. The van der Waals surface area contributed by atoms with Crippen LogP contribution in [0.25, 0.3) is 0 Å². The Labute approximate surface area is 220 Å². The topological polar surface area (TPSA) is 94.2 Å². The lowest BCUT2D eigenvalue weighted by atomic mass is 9.74. The van der Waals surface area contributed by atoms with Crippen molar-refractivity contribution < 1.29 is 13.9 Å². The molecule has 0 radical (unpaired) electrons. The van der Waals surface area contributed by atoms with E-state index in [9.17, 15) is 13.9 Å². The highest BCUT2D eigenvalue weighted by Crippen LogP contribution is 2.38. The molecule has 3 rings (SSSR count). The van der Waals surface area contributed by atoms with Gasteiger partial charge in [0.05, 0.1) is 6.10 Å². The van der Waals surface area contributed by atoms with Crippen molar-refractivity contribution in [2.75, 3.05) is 13.1 Å². The molecule has 0 heterocycles. The molecule has 0 bridgehead atoms. The lowest BCUT2D eigenvalue weighted by molar-refractivity contribution is 0.105. The fraction of sp³-hybridized carbons (Fsp3) is 0.500. The molecule has 1 saturated carbocycles. The zero-order valence-corrected chi connectivity index (χ0v) is 22.3. The van der Waals surface area contributed by atoms with Gasteiger partial charge in [-0.25, -0.2) is 8.78 Å². The van der Waals surface area contributed by atoms with E-state index in [1.165, 1.54) is 42.0 Å². The van der Waals surface area contributed by atoms with E-state index in [1.54, 1.807) is 0 Å². The van der Waals surface area contributed by atoms with E-state index >= 15 is 0 Å². The average Bonchev–Trinajstić information content (AvgIpc) is 2.85. The van der Waals surface area contributed by atoms with Gasteiger partial charge >= 0.3 is 0 Å². The maximum Gasteiger partial charge on any atom is 0.126 e. The van der Waals surface area contributed by atoms with Crippen molar-refractivity contribution >= 4 is 5.71 Å². The number of hydrogen-bond acceptors (Lipinski definition) is 5. The molecule has 0 amide bonds. The van der Waals surface area contributed by atoms with Crippen LogP contribution in [-0.4, -0.2) is 36.1 Å². The minimum atomic E-state index is -0.856. The molecule has 7 heteroatoms. The van der Waals surface area contributed by atoms with Crippen molar-refractivity contribution in [2.24, 2.45) is 5.73 Å². The largest absolute Gasteiger partial charge is 0.405 e. The number of rotatable bonds is 11. The Balaban J connectivity index is 1.81. The first-order valence-electron chi connectivity index (χ1n) is 13.2. The molecule has 37 heavy (non-hydrogen) atoms. The molecule has 2 unspecified atom stereocenters. The Morgan fingerprint density at radius 2 is 1.78 bits per heavy atom. The van der Waals surface area contributed by atoms with Crippen LogP contribution in [0.5, 0.6) is 0 Å². The molecule has 2 atom stereocenters. The van der Waals surface area contributed by atoms with E-state index < -0.39 is 23.8 Å². The van der Waals surface area contributed by atoms with Crippen LogP contribution in [0.3, 0.4) is 0 Å². The minimum Gasteiger partial charge on any atom is -0.405 e. The summed E-state index contributed by atoms with van der Waals surface area (Å²) in [6.45, 7) is 7.10. The fourth-order valence-corrected chi connectivity index (χ4v) is 5.19. The zero-order chi connectivity index (χ0) is 27.1. The number of nitrogens with one attached hydrogen (secondary N) is 3. The van der Waals surface area contributed by atoms with Crippen LogP contribution in [0.4, 0.5) is 8.78 Å². The smallest absolute Gasteiger partial charge is 0.126 e. The van der Waals surface area contributed by atoms with Gasteiger partial charge in [-0.15, -0.1) is 0 Å². The van der Waals surface area contributed by atoms with E-state index in [0.717, 1.165) is 31.7 Å². The molecule has 6 N–H and O–H groups in total. The first-order chi connectivity index (χ1) is 17.5. The first kappa shape index (κ1) is 29.0. The summed E-state index contributed by atoms with van der Waals surface area (Å²) in [6.07, 6.45) is 7.48. The van der Waals surface area contributed by atoms with E-state index in [0.29, 0.717) is 12.1 Å². The van der Waals surface area contributed by atoms with Gasteiger partial charge in [0.2, 0.25) is 0 Å². The van der Waals surface area contributed by atoms with Crippen LogP contribution in [0.2, 0.25) is 0 Å². The lowest BCUT2D eigenvalue weighted by Gasteiger charge is -2.41. The Bertz CT molecular complexity index is 1050. The monoisotopic (exact) mass is 512 g/mol. The summed E-state index contributed by atoms with van der Waals surface area (Å²) in [5, 5.41) is 26.2. The number of nitrogens with two attached hydrogens (primary N) is 1. The standard InChI is InChI=1S/C30H42F2N4O/c1-29(2,3)22-8-7-9-23(17-22)30(11-5-4-6-12-30)36-20-28(37)27(35-19-26(34)10-13-33)16-21-14-24(31)18-25(32)15-21/h7-10,13-15,17-18,27-28,34-37H,4-6,11-12,16,19-20,33H2,1-3H3/b13-10-,34-26?. The van der Waals surface area contributed by atoms with E-state index in [1.807, 2.05) is 0 Å². The summed E-state index contributed by atoms with van der Waals surface area (Å²) in [6, 6.07) is 11.6. The predicted octanol–water partition coefficient (Wildman–Crippen LogP) is 5.07. The molecule has 1 fully saturated rings. The third kappa shape index (κ3) is 8.19. The number of aliphatic hydroxyl groups excluding tert-OH is 1. The van der Waals surface area contributed by atoms with Crippen molar-refractivity contribution in [1.29, 1.82) is 5.41 Å². The van der Waals surface area contributed by atoms with Crippen molar-refractivity contribution in [1.82, 2.24) is 10.6 Å².